The molecule has 3 aromatic rings. The number of amides is 1. The Labute approximate surface area is 170 Å². The fourth-order valence-electron chi connectivity index (χ4n) is 2.76. The molecule has 0 aliphatic heterocycles. The van der Waals surface area contributed by atoms with Crippen molar-refractivity contribution in [3.63, 3.8) is 0 Å². The number of ether oxygens (including phenoxy) is 3. The summed E-state index contributed by atoms with van der Waals surface area (Å²) in [5, 5.41) is 2.78. The van der Waals surface area contributed by atoms with Crippen molar-refractivity contribution < 1.29 is 19.0 Å². The lowest BCUT2D eigenvalue weighted by atomic mass is 10.0. The standard InChI is InChI=1S/C23H24N2O4/c1-27-14-15-28-23-20(11-7-13-24-23)25-22(26)17-29-21-12-6-5-10-19(21)16-18-8-3-2-4-9-18/h2-13H,14-17H2,1H3,(H,25,26). The highest BCUT2D eigenvalue weighted by Crippen LogP contribution is 2.23. The van der Waals surface area contributed by atoms with Crippen molar-refractivity contribution in [3.05, 3.63) is 84.1 Å². The molecule has 6 heteroatoms. The number of nitrogens with zero attached hydrogens (tertiary/aromatic N) is 1. The van der Waals surface area contributed by atoms with E-state index in [1.165, 1.54) is 5.56 Å². The van der Waals surface area contributed by atoms with Crippen LogP contribution in [0, 0.1) is 0 Å². The zero-order valence-corrected chi connectivity index (χ0v) is 16.3. The van der Waals surface area contributed by atoms with E-state index < -0.39 is 0 Å². The van der Waals surface area contributed by atoms with Gasteiger partial charge < -0.3 is 19.5 Å². The molecular formula is C23H24N2O4. The molecule has 3 rings (SSSR count). The summed E-state index contributed by atoms with van der Waals surface area (Å²) >= 11 is 0. The monoisotopic (exact) mass is 392 g/mol. The van der Waals surface area contributed by atoms with E-state index in [0.29, 0.717) is 30.5 Å². The lowest BCUT2D eigenvalue weighted by molar-refractivity contribution is -0.118. The van der Waals surface area contributed by atoms with Gasteiger partial charge in [-0.1, -0.05) is 48.5 Å². The van der Waals surface area contributed by atoms with Gasteiger partial charge in [-0.3, -0.25) is 4.79 Å². The normalized spacial score (nSPS) is 10.4. The van der Waals surface area contributed by atoms with E-state index in [1.54, 1.807) is 25.4 Å². The number of nitrogens with one attached hydrogen (secondary N) is 1. The number of pyridine rings is 1. The molecule has 0 fully saturated rings. The third-order valence-corrected chi connectivity index (χ3v) is 4.14. The van der Waals surface area contributed by atoms with Crippen molar-refractivity contribution in [3.8, 4) is 11.6 Å². The fourth-order valence-corrected chi connectivity index (χ4v) is 2.76. The number of carbonyl (C=O) groups excluding carboxylic acids is 1. The molecular weight excluding hydrogens is 368 g/mol. The number of benzene rings is 2. The SMILES string of the molecule is COCCOc1ncccc1NC(=O)COc1ccccc1Cc1ccccc1. The quantitative estimate of drug-likeness (QED) is 0.533. The van der Waals surface area contributed by atoms with Crippen LogP contribution in [0.15, 0.2) is 72.9 Å². The Balaban J connectivity index is 1.59. The molecule has 6 nitrogen and oxygen atoms in total. The summed E-state index contributed by atoms with van der Waals surface area (Å²) in [6.07, 6.45) is 2.34. The predicted octanol–water partition coefficient (Wildman–Crippen LogP) is 3.72. The Bertz CT molecular complexity index is 916. The number of anilines is 1. The number of rotatable bonds is 10. The number of hydrogen-bond acceptors (Lipinski definition) is 5. The Morgan fingerprint density at radius 2 is 1.72 bits per heavy atom. The van der Waals surface area contributed by atoms with Crippen LogP contribution >= 0.6 is 0 Å². The Hall–Kier alpha value is -3.38. The van der Waals surface area contributed by atoms with Crippen LogP contribution in [0.1, 0.15) is 11.1 Å². The summed E-state index contributed by atoms with van der Waals surface area (Å²) < 4.78 is 16.3. The summed E-state index contributed by atoms with van der Waals surface area (Å²) in [6.45, 7) is 0.670. The van der Waals surface area contributed by atoms with Gasteiger partial charge in [-0.25, -0.2) is 4.98 Å². The van der Waals surface area contributed by atoms with E-state index in [2.05, 4.69) is 22.4 Å². The van der Waals surface area contributed by atoms with Crippen LogP contribution in [0.4, 0.5) is 5.69 Å². The highest BCUT2D eigenvalue weighted by molar-refractivity contribution is 5.93. The summed E-state index contributed by atoms with van der Waals surface area (Å²) in [6, 6.07) is 21.3. The van der Waals surface area contributed by atoms with Crippen molar-refractivity contribution in [1.82, 2.24) is 4.98 Å². The number of para-hydroxylation sites is 1. The third-order valence-electron chi connectivity index (χ3n) is 4.14. The first kappa shape index (κ1) is 20.4. The third kappa shape index (κ3) is 6.33. The summed E-state index contributed by atoms with van der Waals surface area (Å²) in [5.74, 6) is 0.751. The zero-order valence-electron chi connectivity index (χ0n) is 16.3. The van der Waals surface area contributed by atoms with Crippen LogP contribution in [-0.2, 0) is 16.0 Å². The molecule has 1 heterocycles. The van der Waals surface area contributed by atoms with E-state index in [-0.39, 0.29) is 12.5 Å². The second kappa shape index (κ2) is 10.8. The lowest BCUT2D eigenvalue weighted by Gasteiger charge is -2.13. The van der Waals surface area contributed by atoms with Crippen LogP contribution in [0.3, 0.4) is 0 Å². The second-order valence-electron chi connectivity index (χ2n) is 6.30. The van der Waals surface area contributed by atoms with Gasteiger partial charge in [0.15, 0.2) is 6.61 Å². The first-order valence-electron chi connectivity index (χ1n) is 9.37. The maximum absolute atomic E-state index is 12.4. The van der Waals surface area contributed by atoms with Crippen molar-refractivity contribution in [1.29, 1.82) is 0 Å². The minimum atomic E-state index is -0.288. The van der Waals surface area contributed by atoms with Crippen LogP contribution in [0.5, 0.6) is 11.6 Å². The van der Waals surface area contributed by atoms with Crippen LogP contribution in [0.2, 0.25) is 0 Å². The van der Waals surface area contributed by atoms with Gasteiger partial charge in [0.1, 0.15) is 18.0 Å². The molecule has 0 aliphatic carbocycles. The highest BCUT2D eigenvalue weighted by Gasteiger charge is 2.11. The van der Waals surface area contributed by atoms with Crippen molar-refractivity contribution in [2.24, 2.45) is 0 Å². The topological polar surface area (TPSA) is 69.7 Å². The average molecular weight is 392 g/mol. The largest absolute Gasteiger partial charge is 0.483 e. The van der Waals surface area contributed by atoms with E-state index in [1.807, 2.05) is 42.5 Å². The van der Waals surface area contributed by atoms with Crippen molar-refractivity contribution >= 4 is 11.6 Å². The first-order chi connectivity index (χ1) is 14.3. The number of hydrogen-bond donors (Lipinski definition) is 1. The first-order valence-corrected chi connectivity index (χ1v) is 9.37. The number of aromatic nitrogens is 1. The molecule has 1 amide bonds. The fraction of sp³-hybridized carbons (Fsp3) is 0.217. The van der Waals surface area contributed by atoms with Gasteiger partial charge in [-0.05, 0) is 29.3 Å². The molecule has 0 aliphatic rings. The molecule has 0 unspecified atom stereocenters. The maximum atomic E-state index is 12.4. The van der Waals surface area contributed by atoms with Gasteiger partial charge in [0, 0.05) is 19.7 Å². The predicted molar refractivity (Wildman–Crippen MR) is 111 cm³/mol. The molecule has 0 saturated carbocycles. The van der Waals surface area contributed by atoms with E-state index >= 15 is 0 Å². The second-order valence-corrected chi connectivity index (χ2v) is 6.30. The number of methoxy groups -OCH3 is 1. The van der Waals surface area contributed by atoms with E-state index in [0.717, 1.165) is 12.0 Å². The maximum Gasteiger partial charge on any atom is 0.262 e. The van der Waals surface area contributed by atoms with Gasteiger partial charge in [0.25, 0.3) is 5.91 Å². The summed E-state index contributed by atoms with van der Waals surface area (Å²) in [4.78, 5) is 16.5. The summed E-state index contributed by atoms with van der Waals surface area (Å²) in [5.41, 5.74) is 2.70. The molecule has 0 saturated heterocycles. The van der Waals surface area contributed by atoms with Gasteiger partial charge >= 0.3 is 0 Å². The average Bonchev–Trinajstić information content (AvgIpc) is 2.75. The van der Waals surface area contributed by atoms with Gasteiger partial charge in [0.05, 0.1) is 6.61 Å². The minimum Gasteiger partial charge on any atom is -0.483 e. The molecule has 29 heavy (non-hydrogen) atoms. The summed E-state index contributed by atoms with van der Waals surface area (Å²) in [7, 11) is 1.59. The smallest absolute Gasteiger partial charge is 0.262 e. The number of carbonyl (C=O) groups is 1. The van der Waals surface area contributed by atoms with Crippen molar-refractivity contribution in [2.75, 3.05) is 32.2 Å². The highest BCUT2D eigenvalue weighted by atomic mass is 16.5. The lowest BCUT2D eigenvalue weighted by Crippen LogP contribution is -2.21. The minimum absolute atomic E-state index is 0.113. The molecule has 0 bridgehead atoms. The van der Waals surface area contributed by atoms with Crippen LogP contribution in [-0.4, -0.2) is 37.8 Å². The molecule has 0 spiro atoms. The molecule has 0 atom stereocenters. The molecule has 2 aromatic carbocycles. The van der Waals surface area contributed by atoms with Crippen molar-refractivity contribution in [2.45, 2.75) is 6.42 Å². The van der Waals surface area contributed by atoms with Gasteiger partial charge in [0.2, 0.25) is 5.88 Å². The Kier molecular flexibility index (Phi) is 7.60. The Morgan fingerprint density at radius 3 is 2.55 bits per heavy atom. The Morgan fingerprint density at radius 1 is 0.931 bits per heavy atom. The van der Waals surface area contributed by atoms with E-state index in [4.69, 9.17) is 14.2 Å². The molecule has 150 valence electrons. The molecule has 0 radical (unpaired) electrons. The van der Waals surface area contributed by atoms with Gasteiger partial charge in [-0.15, -0.1) is 0 Å². The zero-order chi connectivity index (χ0) is 20.3. The van der Waals surface area contributed by atoms with Crippen LogP contribution in [0.25, 0.3) is 0 Å². The molecule has 1 aromatic heterocycles. The van der Waals surface area contributed by atoms with Crippen LogP contribution < -0.4 is 14.8 Å². The molecule has 1 N–H and O–H groups in total. The van der Waals surface area contributed by atoms with Gasteiger partial charge in [-0.2, -0.15) is 0 Å². The van der Waals surface area contributed by atoms with E-state index in [9.17, 15) is 4.79 Å².